The molecule has 0 aromatic heterocycles. The number of nitrogens with one attached hydrogen (secondary N) is 1. The van der Waals surface area contributed by atoms with E-state index in [0.717, 1.165) is 12.8 Å². The summed E-state index contributed by atoms with van der Waals surface area (Å²) in [6, 6.07) is 7.67. The maximum absolute atomic E-state index is 12.8. The maximum atomic E-state index is 12.8. The van der Waals surface area contributed by atoms with Gasteiger partial charge in [-0.3, -0.25) is 4.79 Å². The summed E-state index contributed by atoms with van der Waals surface area (Å²) in [6.07, 6.45) is 5.84. The Balaban J connectivity index is 1.53. The van der Waals surface area contributed by atoms with Crippen molar-refractivity contribution in [3.8, 4) is 5.75 Å². The van der Waals surface area contributed by atoms with E-state index in [1.165, 1.54) is 19.3 Å². The van der Waals surface area contributed by atoms with Gasteiger partial charge in [0.1, 0.15) is 5.75 Å². The first-order valence-corrected chi connectivity index (χ1v) is 9.75. The van der Waals surface area contributed by atoms with Crippen LogP contribution in [0, 0.1) is 0 Å². The lowest BCUT2D eigenvalue weighted by Gasteiger charge is -2.36. The average Bonchev–Trinajstić information content (AvgIpc) is 2.69. The SMILES string of the molecule is CCOc1ccccc1C(=O)N1CCN(C(=O)NC2CCCCC2)CC1. The number of nitrogens with zero attached hydrogens (tertiary/aromatic N) is 2. The molecule has 26 heavy (non-hydrogen) atoms. The first-order valence-electron chi connectivity index (χ1n) is 9.75. The zero-order chi connectivity index (χ0) is 18.4. The van der Waals surface area contributed by atoms with Crippen molar-refractivity contribution in [1.29, 1.82) is 0 Å². The van der Waals surface area contributed by atoms with Gasteiger partial charge >= 0.3 is 6.03 Å². The lowest BCUT2D eigenvalue weighted by Crippen LogP contribution is -2.54. The Morgan fingerprint density at radius 1 is 1.04 bits per heavy atom. The van der Waals surface area contributed by atoms with Crippen LogP contribution in [0.1, 0.15) is 49.4 Å². The first-order chi connectivity index (χ1) is 12.7. The molecule has 2 fully saturated rings. The second-order valence-corrected chi connectivity index (χ2v) is 6.99. The van der Waals surface area contributed by atoms with Crippen molar-refractivity contribution in [2.24, 2.45) is 0 Å². The van der Waals surface area contributed by atoms with Gasteiger partial charge in [-0.25, -0.2) is 4.79 Å². The number of benzene rings is 1. The van der Waals surface area contributed by atoms with Crippen molar-refractivity contribution in [1.82, 2.24) is 15.1 Å². The van der Waals surface area contributed by atoms with E-state index < -0.39 is 0 Å². The summed E-state index contributed by atoms with van der Waals surface area (Å²) in [6.45, 7) is 4.68. The zero-order valence-electron chi connectivity index (χ0n) is 15.6. The van der Waals surface area contributed by atoms with Crippen LogP contribution in [-0.4, -0.2) is 60.6 Å². The largest absolute Gasteiger partial charge is 0.493 e. The Labute approximate surface area is 155 Å². The third-order valence-corrected chi connectivity index (χ3v) is 5.20. The molecule has 1 aliphatic carbocycles. The predicted octanol–water partition coefficient (Wildman–Crippen LogP) is 2.89. The summed E-state index contributed by atoms with van der Waals surface area (Å²) in [5.74, 6) is 0.596. The molecule has 6 heteroatoms. The summed E-state index contributed by atoms with van der Waals surface area (Å²) in [5.41, 5.74) is 0.592. The van der Waals surface area contributed by atoms with E-state index in [1.807, 2.05) is 34.9 Å². The number of amides is 3. The highest BCUT2D eigenvalue weighted by Gasteiger charge is 2.27. The highest BCUT2D eigenvalue weighted by Crippen LogP contribution is 2.21. The molecule has 0 bridgehead atoms. The molecule has 1 aromatic rings. The van der Waals surface area contributed by atoms with Crippen LogP contribution in [0.3, 0.4) is 0 Å². The summed E-state index contributed by atoms with van der Waals surface area (Å²) in [4.78, 5) is 28.9. The van der Waals surface area contributed by atoms with Gasteiger partial charge in [-0.2, -0.15) is 0 Å². The van der Waals surface area contributed by atoms with Crippen LogP contribution in [0.25, 0.3) is 0 Å². The van der Waals surface area contributed by atoms with Gasteiger partial charge in [0.15, 0.2) is 0 Å². The lowest BCUT2D eigenvalue weighted by molar-refractivity contribution is 0.0658. The normalized spacial score (nSPS) is 18.5. The van der Waals surface area contributed by atoms with Crippen LogP contribution >= 0.6 is 0 Å². The van der Waals surface area contributed by atoms with Crippen molar-refractivity contribution in [3.05, 3.63) is 29.8 Å². The Morgan fingerprint density at radius 2 is 1.69 bits per heavy atom. The number of para-hydroxylation sites is 1. The number of hydrogen-bond acceptors (Lipinski definition) is 3. The maximum Gasteiger partial charge on any atom is 0.317 e. The summed E-state index contributed by atoms with van der Waals surface area (Å²) < 4.78 is 5.57. The van der Waals surface area contributed by atoms with Crippen LogP contribution in [0.4, 0.5) is 4.79 Å². The highest BCUT2D eigenvalue weighted by molar-refractivity contribution is 5.97. The van der Waals surface area contributed by atoms with Crippen LogP contribution in [-0.2, 0) is 0 Å². The first kappa shape index (κ1) is 18.5. The molecule has 1 N–H and O–H groups in total. The molecule has 3 rings (SSSR count). The number of carbonyl (C=O) groups excluding carboxylic acids is 2. The molecule has 1 saturated carbocycles. The predicted molar refractivity (Wildman–Crippen MR) is 100 cm³/mol. The molecule has 1 aliphatic heterocycles. The molecule has 6 nitrogen and oxygen atoms in total. The van der Waals surface area contributed by atoms with Gasteiger partial charge in [0, 0.05) is 32.2 Å². The number of carbonyl (C=O) groups is 2. The molecule has 1 saturated heterocycles. The lowest BCUT2D eigenvalue weighted by atomic mass is 9.96. The molecule has 0 radical (unpaired) electrons. The quantitative estimate of drug-likeness (QED) is 0.899. The van der Waals surface area contributed by atoms with Gasteiger partial charge in [-0.05, 0) is 31.9 Å². The van der Waals surface area contributed by atoms with E-state index in [9.17, 15) is 9.59 Å². The Hall–Kier alpha value is -2.24. The minimum atomic E-state index is -0.0265. The van der Waals surface area contributed by atoms with E-state index >= 15 is 0 Å². The van der Waals surface area contributed by atoms with Crippen molar-refractivity contribution in [2.45, 2.75) is 45.1 Å². The van der Waals surface area contributed by atoms with E-state index in [1.54, 1.807) is 6.07 Å². The van der Waals surface area contributed by atoms with Gasteiger partial charge in [0.05, 0.1) is 12.2 Å². The second kappa shape index (κ2) is 8.92. The summed E-state index contributed by atoms with van der Waals surface area (Å²) in [5, 5.41) is 3.15. The Morgan fingerprint density at radius 3 is 2.38 bits per heavy atom. The highest BCUT2D eigenvalue weighted by atomic mass is 16.5. The fraction of sp³-hybridized carbons (Fsp3) is 0.600. The molecule has 1 heterocycles. The molecule has 3 amide bonds. The smallest absolute Gasteiger partial charge is 0.317 e. The molecule has 2 aliphatic rings. The summed E-state index contributed by atoms with van der Waals surface area (Å²) in [7, 11) is 0. The Kier molecular flexibility index (Phi) is 6.36. The number of piperazine rings is 1. The third kappa shape index (κ3) is 4.48. The van der Waals surface area contributed by atoms with Crippen molar-refractivity contribution >= 4 is 11.9 Å². The van der Waals surface area contributed by atoms with Crippen molar-refractivity contribution in [2.75, 3.05) is 32.8 Å². The van der Waals surface area contributed by atoms with E-state index in [0.29, 0.717) is 50.1 Å². The monoisotopic (exact) mass is 359 g/mol. The standard InChI is InChI=1S/C20H29N3O3/c1-2-26-18-11-7-6-10-17(18)19(24)22-12-14-23(15-13-22)20(25)21-16-8-4-3-5-9-16/h6-7,10-11,16H,2-5,8-9,12-15H2,1H3,(H,21,25). The van der Waals surface area contributed by atoms with Gasteiger partial charge < -0.3 is 19.9 Å². The average molecular weight is 359 g/mol. The Bertz CT molecular complexity index is 620. The molecular weight excluding hydrogens is 330 g/mol. The number of ether oxygens (including phenoxy) is 1. The fourth-order valence-electron chi connectivity index (χ4n) is 3.72. The van der Waals surface area contributed by atoms with Crippen molar-refractivity contribution < 1.29 is 14.3 Å². The number of urea groups is 1. The van der Waals surface area contributed by atoms with Crippen LogP contribution in [0.2, 0.25) is 0 Å². The van der Waals surface area contributed by atoms with E-state index in [2.05, 4.69) is 5.32 Å². The minimum absolute atomic E-state index is 0.0127. The third-order valence-electron chi connectivity index (χ3n) is 5.20. The van der Waals surface area contributed by atoms with Gasteiger partial charge in [0.25, 0.3) is 5.91 Å². The number of rotatable bonds is 4. The fourth-order valence-corrected chi connectivity index (χ4v) is 3.72. The molecular formula is C20H29N3O3. The minimum Gasteiger partial charge on any atom is -0.493 e. The topological polar surface area (TPSA) is 61.9 Å². The second-order valence-electron chi connectivity index (χ2n) is 6.99. The molecule has 0 atom stereocenters. The van der Waals surface area contributed by atoms with Crippen LogP contribution in [0.5, 0.6) is 5.75 Å². The molecule has 142 valence electrons. The zero-order valence-corrected chi connectivity index (χ0v) is 15.6. The van der Waals surface area contributed by atoms with E-state index in [4.69, 9.17) is 4.74 Å². The van der Waals surface area contributed by atoms with Crippen LogP contribution < -0.4 is 10.1 Å². The molecule has 1 aromatic carbocycles. The summed E-state index contributed by atoms with van der Waals surface area (Å²) >= 11 is 0. The van der Waals surface area contributed by atoms with Gasteiger partial charge in [-0.15, -0.1) is 0 Å². The van der Waals surface area contributed by atoms with E-state index in [-0.39, 0.29) is 11.9 Å². The van der Waals surface area contributed by atoms with Crippen molar-refractivity contribution in [3.63, 3.8) is 0 Å². The van der Waals surface area contributed by atoms with Crippen LogP contribution in [0.15, 0.2) is 24.3 Å². The number of hydrogen-bond donors (Lipinski definition) is 1. The van der Waals surface area contributed by atoms with Gasteiger partial charge in [0.2, 0.25) is 0 Å². The molecule has 0 unspecified atom stereocenters. The molecule has 0 spiro atoms. The van der Waals surface area contributed by atoms with Gasteiger partial charge in [-0.1, -0.05) is 31.4 Å².